The van der Waals surface area contributed by atoms with Gasteiger partial charge in [0.05, 0.1) is 0 Å². The topological polar surface area (TPSA) is 33.0 Å². The SMILES string of the molecule is COC([NH])c1ccccc1. The predicted octanol–water partition coefficient (Wildman–Crippen LogP) is 1.61. The lowest BCUT2D eigenvalue weighted by Gasteiger charge is -2.06. The van der Waals surface area contributed by atoms with Crippen molar-refractivity contribution in [1.82, 2.24) is 5.73 Å². The van der Waals surface area contributed by atoms with Gasteiger partial charge in [0.2, 0.25) is 0 Å². The van der Waals surface area contributed by atoms with Gasteiger partial charge < -0.3 is 4.74 Å². The molecule has 2 nitrogen and oxygen atoms in total. The first kappa shape index (κ1) is 7.25. The molecule has 0 saturated carbocycles. The molecule has 1 atom stereocenters. The summed E-state index contributed by atoms with van der Waals surface area (Å²) in [4.78, 5) is 0. The highest BCUT2D eigenvalue weighted by Gasteiger charge is 2.00. The molecule has 1 unspecified atom stereocenters. The molecule has 53 valence electrons. The van der Waals surface area contributed by atoms with E-state index in [4.69, 9.17) is 10.5 Å². The number of methoxy groups -OCH3 is 1. The van der Waals surface area contributed by atoms with Crippen molar-refractivity contribution in [1.29, 1.82) is 0 Å². The Labute approximate surface area is 60.6 Å². The van der Waals surface area contributed by atoms with E-state index in [1.165, 1.54) is 7.11 Å². The fraction of sp³-hybridized carbons (Fsp3) is 0.250. The molecule has 0 fully saturated rings. The Morgan fingerprint density at radius 2 is 1.90 bits per heavy atom. The fourth-order valence-corrected chi connectivity index (χ4v) is 0.764. The summed E-state index contributed by atoms with van der Waals surface area (Å²) < 4.78 is 4.80. The van der Waals surface area contributed by atoms with E-state index in [1.807, 2.05) is 30.3 Å². The van der Waals surface area contributed by atoms with Crippen molar-refractivity contribution in [2.75, 3.05) is 7.11 Å². The summed E-state index contributed by atoms with van der Waals surface area (Å²) in [5, 5.41) is 0. The fourth-order valence-electron chi connectivity index (χ4n) is 0.764. The minimum atomic E-state index is -0.541. The van der Waals surface area contributed by atoms with Crippen molar-refractivity contribution in [3.63, 3.8) is 0 Å². The van der Waals surface area contributed by atoms with E-state index in [0.29, 0.717) is 0 Å². The third kappa shape index (κ3) is 1.56. The van der Waals surface area contributed by atoms with Crippen LogP contribution in [0.3, 0.4) is 0 Å². The minimum absolute atomic E-state index is 0.541. The van der Waals surface area contributed by atoms with Gasteiger partial charge in [-0.1, -0.05) is 30.3 Å². The van der Waals surface area contributed by atoms with E-state index < -0.39 is 6.23 Å². The van der Waals surface area contributed by atoms with Gasteiger partial charge in [0, 0.05) is 7.11 Å². The molecule has 1 radical (unpaired) electrons. The van der Waals surface area contributed by atoms with Crippen molar-refractivity contribution in [2.24, 2.45) is 0 Å². The van der Waals surface area contributed by atoms with Gasteiger partial charge in [0.1, 0.15) is 6.23 Å². The molecular weight excluding hydrogens is 126 g/mol. The highest BCUT2D eigenvalue weighted by Crippen LogP contribution is 2.10. The first-order valence-corrected chi connectivity index (χ1v) is 3.13. The van der Waals surface area contributed by atoms with Gasteiger partial charge in [-0.2, -0.15) is 0 Å². The number of ether oxygens (including phenoxy) is 1. The Morgan fingerprint density at radius 1 is 1.30 bits per heavy atom. The minimum Gasteiger partial charge on any atom is -0.361 e. The maximum Gasteiger partial charge on any atom is 0.146 e. The summed E-state index contributed by atoms with van der Waals surface area (Å²) in [6, 6.07) is 9.47. The monoisotopic (exact) mass is 136 g/mol. The van der Waals surface area contributed by atoms with Gasteiger partial charge in [-0.15, -0.1) is 0 Å². The standard InChI is InChI=1S/C8H10NO/c1-10-8(9)7-5-3-2-4-6-7/h2-6,8-9H,1H3. The maximum absolute atomic E-state index is 7.34. The smallest absolute Gasteiger partial charge is 0.146 e. The van der Waals surface area contributed by atoms with Crippen LogP contribution in [0.25, 0.3) is 0 Å². The Morgan fingerprint density at radius 3 is 2.40 bits per heavy atom. The number of benzene rings is 1. The summed E-state index contributed by atoms with van der Waals surface area (Å²) in [5.74, 6) is 0. The second kappa shape index (κ2) is 3.34. The quantitative estimate of drug-likeness (QED) is 0.608. The second-order valence-electron chi connectivity index (χ2n) is 2.03. The molecule has 0 heterocycles. The molecule has 10 heavy (non-hydrogen) atoms. The van der Waals surface area contributed by atoms with Crippen molar-refractivity contribution in [3.05, 3.63) is 35.9 Å². The first-order chi connectivity index (χ1) is 4.84. The molecule has 0 spiro atoms. The largest absolute Gasteiger partial charge is 0.361 e. The summed E-state index contributed by atoms with van der Waals surface area (Å²) in [5.41, 5.74) is 8.23. The van der Waals surface area contributed by atoms with Crippen LogP contribution in [0.4, 0.5) is 0 Å². The molecule has 0 aliphatic heterocycles. The third-order valence-corrected chi connectivity index (χ3v) is 1.34. The predicted molar refractivity (Wildman–Crippen MR) is 39.3 cm³/mol. The highest BCUT2D eigenvalue weighted by atomic mass is 16.5. The molecule has 1 N–H and O–H groups in total. The third-order valence-electron chi connectivity index (χ3n) is 1.34. The number of rotatable bonds is 2. The van der Waals surface area contributed by atoms with Crippen LogP contribution < -0.4 is 5.73 Å². The number of nitrogens with one attached hydrogen (secondary N) is 1. The second-order valence-corrected chi connectivity index (χ2v) is 2.03. The van der Waals surface area contributed by atoms with E-state index >= 15 is 0 Å². The Bertz CT molecular complexity index is 186. The molecule has 0 amide bonds. The van der Waals surface area contributed by atoms with E-state index in [0.717, 1.165) is 5.56 Å². The average molecular weight is 136 g/mol. The zero-order chi connectivity index (χ0) is 7.40. The summed E-state index contributed by atoms with van der Waals surface area (Å²) in [7, 11) is 1.53. The van der Waals surface area contributed by atoms with Crippen LogP contribution in [0, 0.1) is 0 Å². The zero-order valence-electron chi connectivity index (χ0n) is 5.87. The van der Waals surface area contributed by atoms with Gasteiger partial charge in [-0.3, -0.25) is 0 Å². The van der Waals surface area contributed by atoms with Gasteiger partial charge in [0.15, 0.2) is 0 Å². The van der Waals surface area contributed by atoms with Crippen molar-refractivity contribution in [2.45, 2.75) is 6.23 Å². The molecular formula is C8H10NO. The molecule has 0 aromatic heterocycles. The van der Waals surface area contributed by atoms with Crippen LogP contribution in [-0.4, -0.2) is 7.11 Å². The van der Waals surface area contributed by atoms with Crippen LogP contribution in [0.1, 0.15) is 11.8 Å². The van der Waals surface area contributed by atoms with Crippen LogP contribution in [0.2, 0.25) is 0 Å². The van der Waals surface area contributed by atoms with E-state index in [1.54, 1.807) is 0 Å². The van der Waals surface area contributed by atoms with Crippen LogP contribution in [-0.2, 0) is 4.74 Å². The lowest BCUT2D eigenvalue weighted by atomic mass is 10.2. The molecule has 0 aliphatic carbocycles. The molecule has 1 rings (SSSR count). The maximum atomic E-state index is 7.34. The molecule has 0 saturated heterocycles. The molecule has 0 bridgehead atoms. The van der Waals surface area contributed by atoms with Gasteiger partial charge in [-0.25, -0.2) is 5.73 Å². The van der Waals surface area contributed by atoms with Crippen molar-refractivity contribution < 1.29 is 4.74 Å². The Hall–Kier alpha value is -0.860. The van der Waals surface area contributed by atoms with Gasteiger partial charge in [-0.05, 0) is 5.56 Å². The average Bonchev–Trinajstić information content (AvgIpc) is 2.05. The van der Waals surface area contributed by atoms with Crippen molar-refractivity contribution >= 4 is 0 Å². The number of hydrogen-bond donors (Lipinski definition) is 0. The summed E-state index contributed by atoms with van der Waals surface area (Å²) in [6.45, 7) is 0. The summed E-state index contributed by atoms with van der Waals surface area (Å²) in [6.07, 6.45) is -0.541. The Kier molecular flexibility index (Phi) is 2.42. The molecule has 0 aliphatic rings. The lowest BCUT2D eigenvalue weighted by molar-refractivity contribution is 0.103. The van der Waals surface area contributed by atoms with Crippen molar-refractivity contribution in [3.8, 4) is 0 Å². The zero-order valence-corrected chi connectivity index (χ0v) is 5.87. The normalized spacial score (nSPS) is 13.0. The molecule has 2 heteroatoms. The first-order valence-electron chi connectivity index (χ1n) is 3.13. The lowest BCUT2D eigenvalue weighted by Crippen LogP contribution is -2.00. The summed E-state index contributed by atoms with van der Waals surface area (Å²) >= 11 is 0. The van der Waals surface area contributed by atoms with Crippen LogP contribution in [0.15, 0.2) is 30.3 Å². The van der Waals surface area contributed by atoms with E-state index in [9.17, 15) is 0 Å². The molecule has 1 aromatic rings. The number of hydrogen-bond acceptors (Lipinski definition) is 1. The van der Waals surface area contributed by atoms with Crippen LogP contribution >= 0.6 is 0 Å². The van der Waals surface area contributed by atoms with Gasteiger partial charge in [0.25, 0.3) is 0 Å². The van der Waals surface area contributed by atoms with E-state index in [-0.39, 0.29) is 0 Å². The molecule has 1 aromatic carbocycles. The highest BCUT2D eigenvalue weighted by molar-refractivity contribution is 5.16. The Balaban J connectivity index is 2.75. The van der Waals surface area contributed by atoms with E-state index in [2.05, 4.69) is 0 Å². The van der Waals surface area contributed by atoms with Gasteiger partial charge >= 0.3 is 0 Å². The van der Waals surface area contributed by atoms with Crippen LogP contribution in [0.5, 0.6) is 0 Å².